The predicted molar refractivity (Wildman–Crippen MR) is 126 cm³/mol. The van der Waals surface area contributed by atoms with Gasteiger partial charge in [0.1, 0.15) is 5.82 Å². The highest BCUT2D eigenvalue weighted by atomic mass is 16.6. The van der Waals surface area contributed by atoms with Gasteiger partial charge < -0.3 is 9.80 Å². The summed E-state index contributed by atoms with van der Waals surface area (Å²) in [5.41, 5.74) is 1.60. The van der Waals surface area contributed by atoms with Crippen LogP contribution in [-0.4, -0.2) is 75.1 Å². The molecule has 0 saturated carbocycles. The van der Waals surface area contributed by atoms with Gasteiger partial charge in [-0.25, -0.2) is 4.98 Å². The third-order valence-corrected chi connectivity index (χ3v) is 6.33. The van der Waals surface area contributed by atoms with Crippen LogP contribution in [0.15, 0.2) is 48.7 Å². The lowest BCUT2D eigenvalue weighted by molar-refractivity contribution is -0.384. The molecule has 178 valence electrons. The first-order valence-electron chi connectivity index (χ1n) is 11.3. The van der Waals surface area contributed by atoms with Crippen molar-refractivity contribution in [2.45, 2.75) is 12.8 Å². The van der Waals surface area contributed by atoms with Crippen LogP contribution in [0.1, 0.15) is 33.6 Å². The first-order chi connectivity index (χ1) is 16.9. The van der Waals surface area contributed by atoms with Crippen molar-refractivity contribution in [2.24, 2.45) is 0 Å². The van der Waals surface area contributed by atoms with Crippen LogP contribution in [0, 0.1) is 10.1 Å². The van der Waals surface area contributed by atoms with Crippen LogP contribution < -0.4 is 4.90 Å². The lowest BCUT2D eigenvalue weighted by atomic mass is 10.1. The number of para-hydroxylation sites is 2. The van der Waals surface area contributed by atoms with E-state index >= 15 is 0 Å². The molecule has 1 saturated heterocycles. The van der Waals surface area contributed by atoms with Crippen molar-refractivity contribution >= 4 is 40.3 Å². The van der Waals surface area contributed by atoms with Gasteiger partial charge in [-0.3, -0.25) is 34.4 Å². The Morgan fingerprint density at radius 3 is 2.43 bits per heavy atom. The Labute approximate surface area is 200 Å². The summed E-state index contributed by atoms with van der Waals surface area (Å²) >= 11 is 0. The Morgan fingerprint density at radius 2 is 1.69 bits per heavy atom. The van der Waals surface area contributed by atoms with Gasteiger partial charge in [0.05, 0.1) is 33.3 Å². The fourth-order valence-electron chi connectivity index (χ4n) is 4.43. The van der Waals surface area contributed by atoms with Gasteiger partial charge in [-0.05, 0) is 24.6 Å². The Hall–Kier alpha value is -4.41. The van der Waals surface area contributed by atoms with Crippen LogP contribution in [0.25, 0.3) is 11.0 Å². The van der Waals surface area contributed by atoms with E-state index in [9.17, 15) is 24.5 Å². The zero-order chi connectivity index (χ0) is 24.5. The molecule has 0 radical (unpaired) electrons. The first kappa shape index (κ1) is 22.4. The number of fused-ring (bicyclic) bond motifs is 2. The highest BCUT2D eigenvalue weighted by Crippen LogP contribution is 2.27. The summed E-state index contributed by atoms with van der Waals surface area (Å²) in [5, 5.41) is 11.0. The molecule has 0 aliphatic carbocycles. The van der Waals surface area contributed by atoms with Crippen molar-refractivity contribution in [1.82, 2.24) is 19.8 Å². The zero-order valence-electron chi connectivity index (χ0n) is 18.8. The highest BCUT2D eigenvalue weighted by Gasteiger charge is 2.36. The minimum atomic E-state index is -0.605. The van der Waals surface area contributed by atoms with Crippen molar-refractivity contribution < 1.29 is 19.3 Å². The number of nitro groups is 1. The average Bonchev–Trinajstić information content (AvgIpc) is 3.12. The van der Waals surface area contributed by atoms with Crippen LogP contribution in [0.2, 0.25) is 0 Å². The second-order valence-electron chi connectivity index (χ2n) is 8.44. The highest BCUT2D eigenvalue weighted by molar-refractivity contribution is 6.21. The summed E-state index contributed by atoms with van der Waals surface area (Å²) in [7, 11) is 0. The molecule has 11 heteroatoms. The maximum atomic E-state index is 12.7. The molecule has 0 atom stereocenters. The van der Waals surface area contributed by atoms with E-state index < -0.39 is 16.7 Å². The standard InChI is InChI=1S/C24H22N6O5/c31-22(6-3-9-29-23(32)17-8-7-16(30(34)35)14-18(17)24(29)33)28-12-10-27(11-13-28)21-15-25-19-4-1-2-5-20(19)26-21/h1-2,4-5,7-8,14-15H,3,6,9-13H2. The van der Waals surface area contributed by atoms with Gasteiger partial charge in [-0.15, -0.1) is 0 Å². The monoisotopic (exact) mass is 474 g/mol. The van der Waals surface area contributed by atoms with Gasteiger partial charge >= 0.3 is 0 Å². The number of carbonyl (C=O) groups excluding carboxylic acids is 3. The summed E-state index contributed by atoms with van der Waals surface area (Å²) in [4.78, 5) is 62.2. The molecule has 0 unspecified atom stereocenters. The van der Waals surface area contributed by atoms with Crippen LogP contribution in [-0.2, 0) is 4.79 Å². The number of hydrogen-bond donors (Lipinski definition) is 0. The van der Waals surface area contributed by atoms with E-state index in [4.69, 9.17) is 0 Å². The summed E-state index contributed by atoms with van der Waals surface area (Å²) in [6.07, 6.45) is 2.27. The average molecular weight is 474 g/mol. The normalized spacial score (nSPS) is 15.6. The number of anilines is 1. The molecule has 5 rings (SSSR count). The molecular weight excluding hydrogens is 452 g/mol. The van der Waals surface area contributed by atoms with E-state index in [2.05, 4.69) is 14.9 Å². The second-order valence-corrected chi connectivity index (χ2v) is 8.44. The second kappa shape index (κ2) is 9.09. The van der Waals surface area contributed by atoms with Crippen molar-refractivity contribution in [2.75, 3.05) is 37.6 Å². The number of non-ortho nitro benzene ring substituents is 1. The minimum absolute atomic E-state index is 0.0310. The maximum absolute atomic E-state index is 12.7. The van der Waals surface area contributed by atoms with Crippen molar-refractivity contribution in [3.8, 4) is 0 Å². The quantitative estimate of drug-likeness (QED) is 0.302. The van der Waals surface area contributed by atoms with E-state index in [0.29, 0.717) is 32.6 Å². The molecule has 35 heavy (non-hydrogen) atoms. The number of benzene rings is 2. The number of piperazine rings is 1. The molecule has 0 bridgehead atoms. The summed E-state index contributed by atoms with van der Waals surface area (Å²) in [6, 6.07) is 11.3. The third-order valence-electron chi connectivity index (χ3n) is 6.33. The van der Waals surface area contributed by atoms with Crippen molar-refractivity contribution in [3.05, 3.63) is 69.9 Å². The van der Waals surface area contributed by atoms with Gasteiger partial charge in [-0.1, -0.05) is 12.1 Å². The van der Waals surface area contributed by atoms with Crippen LogP contribution >= 0.6 is 0 Å². The van der Waals surface area contributed by atoms with E-state index in [0.717, 1.165) is 27.8 Å². The Bertz CT molecular complexity index is 1350. The van der Waals surface area contributed by atoms with E-state index in [1.807, 2.05) is 24.3 Å². The number of amides is 3. The van der Waals surface area contributed by atoms with Gasteiger partial charge in [0.2, 0.25) is 5.91 Å². The Balaban J connectivity index is 1.13. The maximum Gasteiger partial charge on any atom is 0.270 e. The lowest BCUT2D eigenvalue weighted by Gasteiger charge is -2.35. The number of aromatic nitrogens is 2. The van der Waals surface area contributed by atoms with Crippen LogP contribution in [0.5, 0.6) is 0 Å². The number of hydrogen-bond acceptors (Lipinski definition) is 8. The molecule has 0 N–H and O–H groups in total. The number of nitro benzene ring substituents is 1. The smallest absolute Gasteiger partial charge is 0.270 e. The van der Waals surface area contributed by atoms with Gasteiger partial charge in [0.15, 0.2) is 0 Å². The molecule has 11 nitrogen and oxygen atoms in total. The van der Waals surface area contributed by atoms with Gasteiger partial charge in [0.25, 0.3) is 17.5 Å². The first-order valence-corrected chi connectivity index (χ1v) is 11.3. The Kier molecular flexibility index (Phi) is 5.81. The number of carbonyl (C=O) groups is 3. The summed E-state index contributed by atoms with van der Waals surface area (Å²) < 4.78 is 0. The zero-order valence-corrected chi connectivity index (χ0v) is 18.8. The molecule has 2 aromatic carbocycles. The molecular formula is C24H22N6O5. The van der Waals surface area contributed by atoms with Gasteiger partial charge in [-0.2, -0.15) is 0 Å². The Morgan fingerprint density at radius 1 is 0.971 bits per heavy atom. The van der Waals surface area contributed by atoms with E-state index in [1.54, 1.807) is 11.1 Å². The van der Waals surface area contributed by atoms with Crippen LogP contribution in [0.4, 0.5) is 11.5 Å². The molecule has 2 aliphatic rings. The minimum Gasteiger partial charge on any atom is -0.352 e. The molecule has 2 aliphatic heterocycles. The molecule has 3 aromatic rings. The number of rotatable bonds is 6. The summed E-state index contributed by atoms with van der Waals surface area (Å²) in [5.74, 6) is -0.313. The molecule has 0 spiro atoms. The lowest BCUT2D eigenvalue weighted by Crippen LogP contribution is -2.49. The van der Waals surface area contributed by atoms with Gasteiger partial charge in [0, 0.05) is 51.3 Å². The summed E-state index contributed by atoms with van der Waals surface area (Å²) in [6.45, 7) is 2.44. The number of imide groups is 1. The van der Waals surface area contributed by atoms with Crippen molar-refractivity contribution in [3.63, 3.8) is 0 Å². The third kappa shape index (κ3) is 4.27. The SMILES string of the molecule is O=C(CCCN1C(=O)c2ccc([N+](=O)[O-])cc2C1=O)N1CCN(c2cnc3ccccc3n2)CC1. The predicted octanol–water partition coefficient (Wildman–Crippen LogP) is 2.26. The fourth-order valence-corrected chi connectivity index (χ4v) is 4.43. The fraction of sp³-hybridized carbons (Fsp3) is 0.292. The van der Waals surface area contributed by atoms with Crippen LogP contribution in [0.3, 0.4) is 0 Å². The molecule has 3 amide bonds. The van der Waals surface area contributed by atoms with E-state index in [-0.39, 0.29) is 35.7 Å². The molecule has 1 aromatic heterocycles. The largest absolute Gasteiger partial charge is 0.352 e. The topological polar surface area (TPSA) is 130 Å². The molecule has 3 heterocycles. The number of nitrogens with zero attached hydrogens (tertiary/aromatic N) is 6. The molecule has 1 fully saturated rings. The van der Waals surface area contributed by atoms with E-state index in [1.165, 1.54) is 12.1 Å². The van der Waals surface area contributed by atoms with Crippen molar-refractivity contribution in [1.29, 1.82) is 0 Å².